The van der Waals surface area contributed by atoms with Gasteiger partial charge in [0.15, 0.2) is 6.54 Å². The van der Waals surface area contributed by atoms with Gasteiger partial charge in [0, 0.05) is 12.6 Å². The van der Waals surface area contributed by atoms with Crippen molar-refractivity contribution in [1.29, 1.82) is 0 Å². The molecule has 7 nitrogen and oxygen atoms in total. The lowest BCUT2D eigenvalue weighted by molar-refractivity contribution is -1.01. The van der Waals surface area contributed by atoms with Crippen molar-refractivity contribution in [1.82, 2.24) is 0 Å². The summed E-state index contributed by atoms with van der Waals surface area (Å²) in [6.07, 6.45) is 4.40. The molecule has 164 valence electrons. The van der Waals surface area contributed by atoms with Crippen LogP contribution in [0.1, 0.15) is 12.5 Å². The normalized spacial score (nSPS) is 18.5. The Morgan fingerprint density at radius 3 is 2.39 bits per heavy atom. The largest absolute Gasteiger partial charge is 0.495 e. The van der Waals surface area contributed by atoms with Crippen molar-refractivity contribution < 1.29 is 24.1 Å². The second-order valence-electron chi connectivity index (χ2n) is 7.84. The van der Waals surface area contributed by atoms with E-state index in [1.54, 1.807) is 30.2 Å². The first kappa shape index (κ1) is 22.5. The molecule has 0 unspecified atom stereocenters. The fourth-order valence-corrected chi connectivity index (χ4v) is 3.77. The average molecular weight is 425 g/mol. The van der Waals surface area contributed by atoms with E-state index in [1.807, 2.05) is 18.2 Å². The van der Waals surface area contributed by atoms with E-state index in [0.717, 1.165) is 32.7 Å². The summed E-state index contributed by atoms with van der Waals surface area (Å²) in [5.74, 6) is 0.350. The maximum Gasteiger partial charge on any atom is 0.279 e. The van der Waals surface area contributed by atoms with Gasteiger partial charge in [0.1, 0.15) is 31.9 Å². The molecule has 2 amide bonds. The molecule has 0 bridgehead atoms. The van der Waals surface area contributed by atoms with Crippen molar-refractivity contribution in [2.45, 2.75) is 6.92 Å². The number of ether oxygens (including phenoxy) is 1. The minimum Gasteiger partial charge on any atom is -0.495 e. The number of rotatable bonds is 8. The molecule has 2 aromatic rings. The van der Waals surface area contributed by atoms with Gasteiger partial charge in [0.05, 0.1) is 19.3 Å². The van der Waals surface area contributed by atoms with Crippen molar-refractivity contribution >= 4 is 29.3 Å². The van der Waals surface area contributed by atoms with Crippen LogP contribution in [0.5, 0.6) is 5.75 Å². The predicted octanol–water partition coefficient (Wildman–Crippen LogP) is 0.0889. The molecule has 0 atom stereocenters. The number of quaternary nitrogens is 2. The smallest absolute Gasteiger partial charge is 0.279 e. The zero-order chi connectivity index (χ0) is 22.1. The standard InChI is InChI=1S/C24H30N4O3/c1-19(29)25-21-10-11-23(31-2)22(17-21)26-24(30)18-28-15-13-27(14-16-28)12-6-9-20-7-4-3-5-8-20/h3-11,17H,12-16,18H2,1-2H3,(H,25,29)(H,26,30)/p+2/b9-6+. The van der Waals surface area contributed by atoms with Gasteiger partial charge in [-0.2, -0.15) is 0 Å². The Bertz CT molecular complexity index is 906. The number of hydrogen-bond donors (Lipinski definition) is 4. The van der Waals surface area contributed by atoms with Crippen molar-refractivity contribution in [3.8, 4) is 5.75 Å². The maximum atomic E-state index is 12.6. The van der Waals surface area contributed by atoms with E-state index >= 15 is 0 Å². The van der Waals surface area contributed by atoms with E-state index in [9.17, 15) is 9.59 Å². The highest BCUT2D eigenvalue weighted by molar-refractivity contribution is 5.95. The fraction of sp³-hybridized carbons (Fsp3) is 0.333. The molecular weight excluding hydrogens is 392 g/mol. The van der Waals surface area contributed by atoms with Gasteiger partial charge >= 0.3 is 0 Å². The first-order valence-electron chi connectivity index (χ1n) is 10.7. The van der Waals surface area contributed by atoms with Crippen LogP contribution in [0.3, 0.4) is 0 Å². The second kappa shape index (κ2) is 11.3. The molecule has 1 aliphatic rings. The molecule has 31 heavy (non-hydrogen) atoms. The van der Waals surface area contributed by atoms with Crippen LogP contribution in [0.2, 0.25) is 0 Å². The maximum absolute atomic E-state index is 12.6. The zero-order valence-corrected chi connectivity index (χ0v) is 18.2. The number of amides is 2. The average Bonchev–Trinajstić information content (AvgIpc) is 2.75. The van der Waals surface area contributed by atoms with E-state index in [1.165, 1.54) is 17.4 Å². The number of carbonyl (C=O) groups is 2. The van der Waals surface area contributed by atoms with Gasteiger partial charge in [-0.1, -0.05) is 36.4 Å². The fourth-order valence-electron chi connectivity index (χ4n) is 3.77. The minimum atomic E-state index is -0.161. The summed E-state index contributed by atoms with van der Waals surface area (Å²) in [4.78, 5) is 26.7. The lowest BCUT2D eigenvalue weighted by Crippen LogP contribution is -3.28. The summed E-state index contributed by atoms with van der Waals surface area (Å²) in [6, 6.07) is 15.5. The van der Waals surface area contributed by atoms with Gasteiger partial charge in [0.2, 0.25) is 5.91 Å². The van der Waals surface area contributed by atoms with Gasteiger partial charge in [-0.3, -0.25) is 9.59 Å². The monoisotopic (exact) mass is 424 g/mol. The van der Waals surface area contributed by atoms with Crippen LogP contribution in [0.15, 0.2) is 54.6 Å². The van der Waals surface area contributed by atoms with E-state index in [0.29, 0.717) is 23.7 Å². The van der Waals surface area contributed by atoms with Crippen LogP contribution in [-0.4, -0.2) is 58.2 Å². The lowest BCUT2D eigenvalue weighted by atomic mass is 10.2. The molecule has 2 aromatic carbocycles. The summed E-state index contributed by atoms with van der Waals surface area (Å²) in [5, 5.41) is 5.66. The second-order valence-corrected chi connectivity index (χ2v) is 7.84. The van der Waals surface area contributed by atoms with Gasteiger partial charge in [0.25, 0.3) is 5.91 Å². The Balaban J connectivity index is 1.46. The molecule has 1 aliphatic heterocycles. The number of carbonyl (C=O) groups excluding carboxylic acids is 2. The molecule has 1 fully saturated rings. The molecule has 3 rings (SSSR count). The first-order chi connectivity index (χ1) is 15.0. The van der Waals surface area contributed by atoms with E-state index in [4.69, 9.17) is 4.74 Å². The van der Waals surface area contributed by atoms with Gasteiger partial charge < -0.3 is 25.2 Å². The van der Waals surface area contributed by atoms with Crippen LogP contribution >= 0.6 is 0 Å². The zero-order valence-electron chi connectivity index (χ0n) is 18.2. The Hall–Kier alpha value is -3.16. The molecule has 0 spiro atoms. The summed E-state index contributed by atoms with van der Waals surface area (Å²) < 4.78 is 5.34. The number of methoxy groups -OCH3 is 1. The van der Waals surface area contributed by atoms with Crippen molar-refractivity contribution in [3.63, 3.8) is 0 Å². The summed E-state index contributed by atoms with van der Waals surface area (Å²) in [6.45, 7) is 6.88. The molecule has 0 saturated carbocycles. The number of piperazine rings is 1. The van der Waals surface area contributed by atoms with Crippen molar-refractivity contribution in [2.75, 3.05) is 57.0 Å². The molecule has 1 saturated heterocycles. The minimum absolute atomic E-state index is 0.0549. The van der Waals surface area contributed by atoms with Crippen molar-refractivity contribution in [3.05, 3.63) is 60.2 Å². The molecule has 7 heteroatoms. The Kier molecular flexibility index (Phi) is 8.20. The van der Waals surface area contributed by atoms with Crippen LogP contribution in [-0.2, 0) is 9.59 Å². The van der Waals surface area contributed by atoms with E-state index < -0.39 is 0 Å². The molecular formula is C24H32N4O3+2. The van der Waals surface area contributed by atoms with Gasteiger partial charge in [-0.15, -0.1) is 0 Å². The molecule has 0 aromatic heterocycles. The van der Waals surface area contributed by atoms with Crippen LogP contribution in [0.25, 0.3) is 6.08 Å². The van der Waals surface area contributed by atoms with Crippen LogP contribution < -0.4 is 25.2 Å². The Labute approximate surface area is 183 Å². The third-order valence-electron chi connectivity index (χ3n) is 5.39. The quantitative estimate of drug-likeness (QED) is 0.485. The first-order valence-corrected chi connectivity index (χ1v) is 10.7. The summed E-state index contributed by atoms with van der Waals surface area (Å²) in [5.41, 5.74) is 2.41. The summed E-state index contributed by atoms with van der Waals surface area (Å²) >= 11 is 0. The van der Waals surface area contributed by atoms with E-state index in [2.05, 4.69) is 34.9 Å². The lowest BCUT2D eigenvalue weighted by Gasteiger charge is -2.28. The SMILES string of the molecule is COc1ccc(NC(C)=O)cc1NC(=O)C[NH+]1CC[NH+](C/C=C/c2ccccc2)CC1. The van der Waals surface area contributed by atoms with Gasteiger partial charge in [-0.05, 0) is 29.8 Å². The Morgan fingerprint density at radius 2 is 1.71 bits per heavy atom. The highest BCUT2D eigenvalue weighted by atomic mass is 16.5. The number of benzene rings is 2. The molecule has 1 heterocycles. The number of anilines is 2. The summed E-state index contributed by atoms with van der Waals surface area (Å²) in [7, 11) is 1.56. The molecule has 0 radical (unpaired) electrons. The number of hydrogen-bond acceptors (Lipinski definition) is 3. The molecule has 0 aliphatic carbocycles. The van der Waals surface area contributed by atoms with Crippen LogP contribution in [0, 0.1) is 0 Å². The Morgan fingerprint density at radius 1 is 1.00 bits per heavy atom. The topological polar surface area (TPSA) is 76.3 Å². The van der Waals surface area contributed by atoms with Crippen LogP contribution in [0.4, 0.5) is 11.4 Å². The van der Waals surface area contributed by atoms with Crippen molar-refractivity contribution in [2.24, 2.45) is 0 Å². The van der Waals surface area contributed by atoms with E-state index in [-0.39, 0.29) is 11.8 Å². The molecule has 4 N–H and O–H groups in total. The third kappa shape index (κ3) is 7.24. The predicted molar refractivity (Wildman–Crippen MR) is 123 cm³/mol. The number of nitrogens with one attached hydrogen (secondary N) is 4. The van der Waals surface area contributed by atoms with Gasteiger partial charge in [-0.25, -0.2) is 0 Å². The highest BCUT2D eigenvalue weighted by Gasteiger charge is 2.24. The third-order valence-corrected chi connectivity index (χ3v) is 5.39. The highest BCUT2D eigenvalue weighted by Crippen LogP contribution is 2.27.